The molecule has 27 heavy (non-hydrogen) atoms. The lowest BCUT2D eigenvalue weighted by Crippen LogP contribution is -2.54. The van der Waals surface area contributed by atoms with Crippen LogP contribution in [0.15, 0.2) is 24.3 Å². The van der Waals surface area contributed by atoms with Crippen molar-refractivity contribution in [3.63, 3.8) is 0 Å². The summed E-state index contributed by atoms with van der Waals surface area (Å²) in [7, 11) is 1.90. The minimum Gasteiger partial charge on any atom is -0.368 e. The normalized spacial score (nSPS) is 20.3. The zero-order valence-corrected chi connectivity index (χ0v) is 16.3. The standard InChI is InChI=1S/C19H24N4O3S/c1-21(19-20-14-5-2-3-7-16(14)27-19)13-17(24)22-8-10-23(11-9-22)18(25)15-6-4-12-26-15/h2-3,5,7,15H,4,6,8-13H2,1H3. The van der Waals surface area contributed by atoms with Gasteiger partial charge in [0.15, 0.2) is 5.13 Å². The average Bonchev–Trinajstić information content (AvgIpc) is 3.37. The molecule has 7 nitrogen and oxygen atoms in total. The van der Waals surface area contributed by atoms with Gasteiger partial charge in [0.2, 0.25) is 5.91 Å². The number of piperazine rings is 1. The van der Waals surface area contributed by atoms with E-state index in [2.05, 4.69) is 4.98 Å². The minimum atomic E-state index is -0.280. The number of carbonyl (C=O) groups excluding carboxylic acids is 2. The second-order valence-corrected chi connectivity index (χ2v) is 8.04. The highest BCUT2D eigenvalue weighted by Crippen LogP contribution is 2.27. The summed E-state index contributed by atoms with van der Waals surface area (Å²) < 4.78 is 6.60. The lowest BCUT2D eigenvalue weighted by Gasteiger charge is -2.36. The Morgan fingerprint density at radius 2 is 1.96 bits per heavy atom. The molecule has 144 valence electrons. The maximum Gasteiger partial charge on any atom is 0.251 e. The number of hydrogen-bond acceptors (Lipinski definition) is 6. The van der Waals surface area contributed by atoms with Crippen LogP contribution in [0.4, 0.5) is 5.13 Å². The van der Waals surface area contributed by atoms with Gasteiger partial charge in [-0.25, -0.2) is 4.98 Å². The topological polar surface area (TPSA) is 66.0 Å². The molecule has 2 saturated heterocycles. The number of likely N-dealkylation sites (N-methyl/N-ethyl adjacent to an activating group) is 1. The van der Waals surface area contributed by atoms with Crippen molar-refractivity contribution in [2.45, 2.75) is 18.9 Å². The molecule has 2 amide bonds. The molecule has 1 aromatic heterocycles. The first-order valence-corrected chi connectivity index (χ1v) is 10.2. The molecule has 0 bridgehead atoms. The quantitative estimate of drug-likeness (QED) is 0.796. The Hall–Kier alpha value is -2.19. The fraction of sp³-hybridized carbons (Fsp3) is 0.526. The number of benzene rings is 1. The van der Waals surface area contributed by atoms with E-state index in [1.165, 1.54) is 0 Å². The number of aromatic nitrogens is 1. The van der Waals surface area contributed by atoms with Crippen LogP contribution < -0.4 is 4.90 Å². The number of para-hydroxylation sites is 1. The molecule has 2 aromatic rings. The van der Waals surface area contributed by atoms with Gasteiger partial charge in [-0.15, -0.1) is 0 Å². The molecule has 0 saturated carbocycles. The van der Waals surface area contributed by atoms with Gasteiger partial charge in [-0.2, -0.15) is 0 Å². The highest BCUT2D eigenvalue weighted by Gasteiger charge is 2.31. The molecule has 0 spiro atoms. The van der Waals surface area contributed by atoms with Crippen LogP contribution in [0.5, 0.6) is 0 Å². The monoisotopic (exact) mass is 388 g/mol. The van der Waals surface area contributed by atoms with Crippen LogP contribution in [0.1, 0.15) is 12.8 Å². The highest BCUT2D eigenvalue weighted by atomic mass is 32.1. The van der Waals surface area contributed by atoms with E-state index in [0.717, 1.165) is 28.2 Å². The van der Waals surface area contributed by atoms with Crippen molar-refractivity contribution in [3.8, 4) is 0 Å². The summed E-state index contributed by atoms with van der Waals surface area (Å²) >= 11 is 1.59. The molecule has 2 aliphatic heterocycles. The number of hydrogen-bond donors (Lipinski definition) is 0. The Kier molecular flexibility index (Phi) is 5.27. The van der Waals surface area contributed by atoms with E-state index >= 15 is 0 Å². The van der Waals surface area contributed by atoms with Crippen LogP contribution in [0.2, 0.25) is 0 Å². The smallest absolute Gasteiger partial charge is 0.251 e. The van der Waals surface area contributed by atoms with Crippen molar-refractivity contribution in [2.24, 2.45) is 0 Å². The molecule has 1 atom stereocenters. The summed E-state index contributed by atoms with van der Waals surface area (Å²) in [4.78, 5) is 35.2. The van der Waals surface area contributed by atoms with Crippen molar-refractivity contribution in [3.05, 3.63) is 24.3 Å². The second kappa shape index (κ2) is 7.82. The predicted octanol–water partition coefficient (Wildman–Crippen LogP) is 1.58. The van der Waals surface area contributed by atoms with Crippen LogP contribution in [0, 0.1) is 0 Å². The molecule has 2 fully saturated rings. The SMILES string of the molecule is CN(CC(=O)N1CCN(C(=O)C2CCCO2)CC1)c1nc2ccccc2s1. The number of ether oxygens (including phenoxy) is 1. The zero-order chi connectivity index (χ0) is 18.8. The molecular weight excluding hydrogens is 364 g/mol. The van der Waals surface area contributed by atoms with Crippen LogP contribution in [-0.2, 0) is 14.3 Å². The van der Waals surface area contributed by atoms with E-state index in [0.29, 0.717) is 39.3 Å². The molecule has 3 heterocycles. The maximum atomic E-state index is 12.7. The molecule has 8 heteroatoms. The first kappa shape index (κ1) is 18.2. The first-order chi connectivity index (χ1) is 13.1. The number of rotatable bonds is 4. The van der Waals surface area contributed by atoms with E-state index in [1.807, 2.05) is 46.0 Å². The average molecular weight is 388 g/mol. The summed E-state index contributed by atoms with van der Waals surface area (Å²) in [5.41, 5.74) is 0.957. The molecule has 1 aromatic carbocycles. The molecule has 0 N–H and O–H groups in total. The molecule has 1 unspecified atom stereocenters. The first-order valence-electron chi connectivity index (χ1n) is 9.37. The number of carbonyl (C=O) groups is 2. The van der Waals surface area contributed by atoms with E-state index < -0.39 is 0 Å². The van der Waals surface area contributed by atoms with Crippen LogP contribution >= 0.6 is 11.3 Å². The van der Waals surface area contributed by atoms with Gasteiger partial charge < -0.3 is 19.4 Å². The van der Waals surface area contributed by atoms with Gasteiger partial charge in [0.05, 0.1) is 16.8 Å². The third kappa shape index (κ3) is 3.91. The molecular formula is C19H24N4O3S. The third-order valence-corrected chi connectivity index (χ3v) is 6.28. The summed E-state index contributed by atoms with van der Waals surface area (Å²) in [6.07, 6.45) is 1.48. The Balaban J connectivity index is 1.30. The third-order valence-electron chi connectivity index (χ3n) is 5.13. The van der Waals surface area contributed by atoms with Gasteiger partial charge in [-0.1, -0.05) is 23.5 Å². The molecule has 0 aliphatic carbocycles. The lowest BCUT2D eigenvalue weighted by molar-refractivity contribution is -0.145. The van der Waals surface area contributed by atoms with Gasteiger partial charge in [0, 0.05) is 39.8 Å². The summed E-state index contributed by atoms with van der Waals surface area (Å²) in [5, 5.41) is 0.844. The van der Waals surface area contributed by atoms with Crippen molar-refractivity contribution < 1.29 is 14.3 Å². The minimum absolute atomic E-state index is 0.0703. The van der Waals surface area contributed by atoms with Crippen LogP contribution in [0.25, 0.3) is 10.2 Å². The Bertz CT molecular complexity index is 792. The van der Waals surface area contributed by atoms with Gasteiger partial charge in [-0.3, -0.25) is 9.59 Å². The molecule has 0 radical (unpaired) electrons. The van der Waals surface area contributed by atoms with E-state index in [4.69, 9.17) is 4.74 Å². The van der Waals surface area contributed by atoms with Gasteiger partial charge in [-0.05, 0) is 25.0 Å². The number of fused-ring (bicyclic) bond motifs is 1. The van der Waals surface area contributed by atoms with Crippen molar-refractivity contribution in [1.29, 1.82) is 0 Å². The van der Waals surface area contributed by atoms with E-state index in [1.54, 1.807) is 11.3 Å². The molecule has 4 rings (SSSR count). The number of amides is 2. The Morgan fingerprint density at radius 3 is 2.67 bits per heavy atom. The Morgan fingerprint density at radius 1 is 1.22 bits per heavy atom. The highest BCUT2D eigenvalue weighted by molar-refractivity contribution is 7.22. The largest absolute Gasteiger partial charge is 0.368 e. The number of anilines is 1. The van der Waals surface area contributed by atoms with Crippen LogP contribution in [-0.4, -0.2) is 79.1 Å². The van der Waals surface area contributed by atoms with E-state index in [9.17, 15) is 9.59 Å². The van der Waals surface area contributed by atoms with Crippen LogP contribution in [0.3, 0.4) is 0 Å². The van der Waals surface area contributed by atoms with Gasteiger partial charge in [0.25, 0.3) is 5.91 Å². The lowest BCUT2D eigenvalue weighted by atomic mass is 10.2. The fourth-order valence-electron chi connectivity index (χ4n) is 3.55. The van der Waals surface area contributed by atoms with Gasteiger partial charge >= 0.3 is 0 Å². The second-order valence-electron chi connectivity index (χ2n) is 7.03. The zero-order valence-electron chi connectivity index (χ0n) is 15.5. The Labute approximate surface area is 162 Å². The fourth-order valence-corrected chi connectivity index (χ4v) is 4.47. The van der Waals surface area contributed by atoms with Crippen molar-refractivity contribution in [2.75, 3.05) is 51.3 Å². The summed E-state index contributed by atoms with van der Waals surface area (Å²) in [6, 6.07) is 7.98. The summed E-state index contributed by atoms with van der Waals surface area (Å²) in [6.45, 7) is 3.27. The van der Waals surface area contributed by atoms with Gasteiger partial charge in [0.1, 0.15) is 6.10 Å². The molecule has 2 aliphatic rings. The maximum absolute atomic E-state index is 12.7. The van der Waals surface area contributed by atoms with Crippen molar-refractivity contribution in [1.82, 2.24) is 14.8 Å². The summed E-state index contributed by atoms with van der Waals surface area (Å²) in [5.74, 6) is 0.146. The number of nitrogens with zero attached hydrogens (tertiary/aromatic N) is 4. The van der Waals surface area contributed by atoms with E-state index in [-0.39, 0.29) is 17.9 Å². The van der Waals surface area contributed by atoms with Crippen molar-refractivity contribution >= 4 is 38.5 Å². The predicted molar refractivity (Wildman–Crippen MR) is 105 cm³/mol. The number of thiazole rings is 1.